The molecule has 0 spiro atoms. The summed E-state index contributed by atoms with van der Waals surface area (Å²) in [6, 6.07) is 0. The molecule has 0 aromatic rings. The molecule has 0 unspecified atom stereocenters. The van der Waals surface area contributed by atoms with Crippen molar-refractivity contribution in [3.63, 3.8) is 0 Å². The van der Waals surface area contributed by atoms with E-state index in [0.717, 1.165) is 0 Å². The minimum absolute atomic E-state index is 0. The topological polar surface area (TPSA) is 115 Å². The Balaban J connectivity index is -0.0000000202. The van der Waals surface area contributed by atoms with E-state index in [-0.39, 0.29) is 14.9 Å². The highest BCUT2D eigenvalue weighted by Crippen LogP contribution is 1.56. The zero-order valence-corrected chi connectivity index (χ0v) is 9.02. The molecule has 0 radical (unpaired) electrons. The van der Waals surface area contributed by atoms with Gasteiger partial charge in [0.15, 0.2) is 0 Å². The summed E-state index contributed by atoms with van der Waals surface area (Å²) in [6.07, 6.45) is -1.17. The molecule has 0 aromatic carbocycles. The van der Waals surface area contributed by atoms with Crippen molar-refractivity contribution in [2.24, 2.45) is 0 Å². The van der Waals surface area contributed by atoms with Crippen LogP contribution in [0.4, 0.5) is 9.59 Å². The highest BCUT2D eigenvalue weighted by molar-refractivity contribution is 5.53. The molecule has 0 heterocycles. The largest absolute Gasteiger partial charge is 0.503 e. The number of carbonyl (C=O) groups is 2. The van der Waals surface area contributed by atoms with Gasteiger partial charge in [0.25, 0.3) is 0 Å². The van der Waals surface area contributed by atoms with Crippen LogP contribution in [0.5, 0.6) is 0 Å². The first kappa shape index (κ1) is 36.5. The molecule has 104 valence electrons. The second kappa shape index (κ2) is 49.8. The van der Waals surface area contributed by atoms with Crippen molar-refractivity contribution >= 4 is 12.3 Å². The van der Waals surface area contributed by atoms with Gasteiger partial charge in [-0.3, -0.25) is 0 Å². The summed E-state index contributed by atoms with van der Waals surface area (Å²) < 4.78 is 0. The Hall–Kier alpha value is -1.46. The first-order chi connectivity index (χ1) is 6.29. The number of rotatable bonds is 0. The smallest absolute Gasteiger partial charge is 0.450 e. The summed E-state index contributed by atoms with van der Waals surface area (Å²) >= 11 is 0. The molecule has 0 rings (SSSR count). The third-order valence-electron chi connectivity index (χ3n) is 0. The fourth-order valence-corrected chi connectivity index (χ4v) is 0. The van der Waals surface area contributed by atoms with Crippen LogP contribution in [0.3, 0.4) is 0 Å². The molecule has 0 aliphatic heterocycles. The molecule has 6 nitrogen and oxygen atoms in total. The summed E-state index contributed by atoms with van der Waals surface area (Å²) in [4.78, 5) is 17.1. The van der Waals surface area contributed by atoms with E-state index < -0.39 is 12.3 Å². The zero-order chi connectivity index (χ0) is 12.6. The van der Waals surface area contributed by atoms with Gasteiger partial charge in [0.05, 0.1) is 0 Å². The summed E-state index contributed by atoms with van der Waals surface area (Å²) in [7, 11) is 0. The van der Waals surface area contributed by atoms with Crippen molar-refractivity contribution in [1.82, 2.24) is 0 Å². The van der Waals surface area contributed by atoms with Crippen LogP contribution < -0.4 is 0 Å². The second-order valence-corrected chi connectivity index (χ2v) is 1.98. The maximum atomic E-state index is 8.56. The van der Waals surface area contributed by atoms with E-state index >= 15 is 0 Å². The van der Waals surface area contributed by atoms with Crippen molar-refractivity contribution in [2.75, 3.05) is 0 Å². The van der Waals surface area contributed by atoms with E-state index in [9.17, 15) is 0 Å². The highest BCUT2D eigenvalue weighted by atomic mass is 16.6. The van der Waals surface area contributed by atoms with Crippen LogP contribution in [-0.2, 0) is 0 Å². The Labute approximate surface area is 98.6 Å². The zero-order valence-electron chi connectivity index (χ0n) is 9.02. The standard InChI is InChI=1S/2C3H8.2CH2O3.2CH4/c2*1-3-2;2*2-1(3)4;;/h2*3H2,1-2H3;2*(H2,2,3,4);2*1H4. The second-order valence-electron chi connectivity index (χ2n) is 1.98. The van der Waals surface area contributed by atoms with E-state index in [0.29, 0.717) is 0 Å². The molecule has 0 saturated carbocycles. The van der Waals surface area contributed by atoms with Crippen LogP contribution in [0.2, 0.25) is 0 Å². The molecular weight excluding hydrogens is 216 g/mol. The van der Waals surface area contributed by atoms with Crippen LogP contribution in [0.1, 0.15) is 55.4 Å². The number of hydrogen-bond donors (Lipinski definition) is 4. The molecule has 0 bridgehead atoms. The van der Waals surface area contributed by atoms with E-state index in [1.165, 1.54) is 12.8 Å². The van der Waals surface area contributed by atoms with Gasteiger partial charge < -0.3 is 20.4 Å². The minimum Gasteiger partial charge on any atom is -0.450 e. The van der Waals surface area contributed by atoms with Crippen LogP contribution in [-0.4, -0.2) is 32.7 Å². The first-order valence-electron chi connectivity index (χ1n) is 4.13. The average molecular weight is 244 g/mol. The fourth-order valence-electron chi connectivity index (χ4n) is 0. The summed E-state index contributed by atoms with van der Waals surface area (Å²) in [6.45, 7) is 8.50. The first-order valence-corrected chi connectivity index (χ1v) is 4.13. The van der Waals surface area contributed by atoms with Crippen molar-refractivity contribution in [2.45, 2.75) is 55.4 Å². The molecule has 0 amide bonds. The van der Waals surface area contributed by atoms with E-state index in [1.807, 2.05) is 0 Å². The Kier molecular flexibility index (Phi) is 114. The summed E-state index contributed by atoms with van der Waals surface area (Å²) in [5.41, 5.74) is 0. The lowest BCUT2D eigenvalue weighted by molar-refractivity contribution is 0.135. The molecule has 0 atom stereocenters. The van der Waals surface area contributed by atoms with Gasteiger partial charge in [0.1, 0.15) is 0 Å². The molecular formula is C10H28O6. The molecule has 16 heavy (non-hydrogen) atoms. The summed E-state index contributed by atoms with van der Waals surface area (Å²) in [5.74, 6) is 0. The summed E-state index contributed by atoms with van der Waals surface area (Å²) in [5, 5.41) is 27.9. The van der Waals surface area contributed by atoms with E-state index in [2.05, 4.69) is 27.7 Å². The van der Waals surface area contributed by atoms with Crippen molar-refractivity contribution in [1.29, 1.82) is 0 Å². The molecule has 0 aliphatic rings. The maximum Gasteiger partial charge on any atom is 0.503 e. The molecule has 0 aliphatic carbocycles. The monoisotopic (exact) mass is 244 g/mol. The van der Waals surface area contributed by atoms with Gasteiger partial charge in [-0.15, -0.1) is 0 Å². The number of carboxylic acid groups (broad SMARTS) is 4. The van der Waals surface area contributed by atoms with Crippen LogP contribution in [0.15, 0.2) is 0 Å². The Morgan fingerprint density at radius 1 is 0.688 bits per heavy atom. The van der Waals surface area contributed by atoms with Gasteiger partial charge in [0.2, 0.25) is 0 Å². The van der Waals surface area contributed by atoms with E-state index in [1.54, 1.807) is 0 Å². The van der Waals surface area contributed by atoms with Gasteiger partial charge in [-0.1, -0.05) is 55.4 Å². The van der Waals surface area contributed by atoms with Gasteiger partial charge in [0, 0.05) is 0 Å². The van der Waals surface area contributed by atoms with Crippen LogP contribution in [0, 0.1) is 0 Å². The van der Waals surface area contributed by atoms with Gasteiger partial charge in [-0.05, 0) is 0 Å². The van der Waals surface area contributed by atoms with Crippen molar-refractivity contribution < 1.29 is 30.0 Å². The van der Waals surface area contributed by atoms with Crippen LogP contribution >= 0.6 is 0 Å². The average Bonchev–Trinajstić information content (AvgIpc) is 1.85. The minimum atomic E-state index is -1.83. The quantitative estimate of drug-likeness (QED) is 0.497. The normalized spacial score (nSPS) is 5.25. The highest BCUT2D eigenvalue weighted by Gasteiger charge is 1.70. The molecule has 0 fully saturated rings. The van der Waals surface area contributed by atoms with E-state index in [4.69, 9.17) is 30.0 Å². The SMILES string of the molecule is C.C.CCC.CCC.O=C(O)O.O=C(O)O. The molecule has 6 heteroatoms. The lowest BCUT2D eigenvalue weighted by atomic mass is 10.6. The molecule has 0 saturated heterocycles. The van der Waals surface area contributed by atoms with Crippen molar-refractivity contribution in [3.8, 4) is 0 Å². The third-order valence-corrected chi connectivity index (χ3v) is 0. The van der Waals surface area contributed by atoms with Crippen LogP contribution in [0.25, 0.3) is 0 Å². The molecule has 0 aromatic heterocycles. The lowest BCUT2D eigenvalue weighted by Gasteiger charge is -1.60. The molecule has 4 N–H and O–H groups in total. The van der Waals surface area contributed by atoms with Gasteiger partial charge >= 0.3 is 12.3 Å². The predicted molar refractivity (Wildman–Crippen MR) is 66.7 cm³/mol. The third kappa shape index (κ3) is 783. The predicted octanol–water partition coefficient (Wildman–Crippen LogP) is 4.55. The lowest BCUT2D eigenvalue weighted by Crippen LogP contribution is -1.81. The van der Waals surface area contributed by atoms with Gasteiger partial charge in [-0.2, -0.15) is 0 Å². The Bertz CT molecular complexity index is 91.9. The van der Waals surface area contributed by atoms with Crippen molar-refractivity contribution in [3.05, 3.63) is 0 Å². The number of hydrogen-bond acceptors (Lipinski definition) is 2. The van der Waals surface area contributed by atoms with Gasteiger partial charge in [-0.25, -0.2) is 9.59 Å². The Morgan fingerprint density at radius 3 is 0.688 bits per heavy atom. The maximum absolute atomic E-state index is 8.56. The fraction of sp³-hybridized carbons (Fsp3) is 0.800. The Morgan fingerprint density at radius 2 is 0.688 bits per heavy atom.